The predicted octanol–water partition coefficient (Wildman–Crippen LogP) is 3.23. The van der Waals surface area contributed by atoms with Crippen LogP contribution in [-0.4, -0.2) is 94.7 Å². The number of nitrogens with one attached hydrogen (secondary N) is 3. The number of benzene rings is 1. The van der Waals surface area contributed by atoms with Crippen molar-refractivity contribution in [3.63, 3.8) is 0 Å². The fraction of sp³-hybridized carbons (Fsp3) is 0.692. The number of carbonyl (C=O) groups excluding carboxylic acids is 4. The fourth-order valence-electron chi connectivity index (χ4n) is 9.28. The Labute approximate surface area is 329 Å². The maximum absolute atomic E-state index is 14.7. The number of ether oxygens (including phenoxy) is 2. The minimum Gasteiger partial charge on any atom is -0.459 e. The Morgan fingerprint density at radius 2 is 1.75 bits per heavy atom. The maximum atomic E-state index is 14.7. The number of amides is 4. The van der Waals surface area contributed by atoms with Gasteiger partial charge in [-0.25, -0.2) is 22.0 Å². The summed E-state index contributed by atoms with van der Waals surface area (Å²) >= 11 is 0. The first kappa shape index (κ1) is 39.5. The number of alkyl halides is 2. The molecular weight excluding hydrogens is 767 g/mol. The van der Waals surface area contributed by atoms with Gasteiger partial charge in [-0.05, 0) is 80.2 Å². The Bertz CT molecular complexity index is 2140. The van der Waals surface area contributed by atoms with E-state index in [1.54, 1.807) is 45.0 Å². The Hall–Kier alpha value is -4.35. The summed E-state index contributed by atoms with van der Waals surface area (Å²) in [5, 5.41) is 4.77. The van der Waals surface area contributed by atoms with Gasteiger partial charge in [0, 0.05) is 13.0 Å². The van der Waals surface area contributed by atoms with Crippen LogP contribution in [0.15, 0.2) is 29.1 Å². The lowest BCUT2D eigenvalue weighted by molar-refractivity contribution is -0.143. The second-order valence-corrected chi connectivity index (χ2v) is 19.9. The van der Waals surface area contributed by atoms with E-state index in [9.17, 15) is 41.2 Å². The lowest BCUT2D eigenvalue weighted by atomic mass is 9.85. The van der Waals surface area contributed by atoms with Crippen molar-refractivity contribution >= 4 is 44.7 Å². The number of para-hydroxylation sites is 1. The van der Waals surface area contributed by atoms with Crippen LogP contribution in [0.25, 0.3) is 10.9 Å². The molecule has 2 bridgehead atoms. The number of aromatic nitrogens is 2. The average Bonchev–Trinajstić information content (AvgIpc) is 4.08. The average molecular weight is 817 g/mol. The van der Waals surface area contributed by atoms with E-state index in [-0.39, 0.29) is 43.1 Å². The van der Waals surface area contributed by atoms with Gasteiger partial charge in [-0.1, -0.05) is 45.7 Å². The molecule has 0 unspecified atom stereocenters. The second kappa shape index (κ2) is 14.5. The van der Waals surface area contributed by atoms with Gasteiger partial charge in [0.2, 0.25) is 28.3 Å². The monoisotopic (exact) mass is 816 g/mol. The van der Waals surface area contributed by atoms with Crippen LogP contribution >= 0.6 is 0 Å². The molecule has 0 radical (unpaired) electrons. The molecule has 3 heterocycles. The summed E-state index contributed by atoms with van der Waals surface area (Å²) in [4.78, 5) is 75.8. The molecule has 4 amide bonds. The fourth-order valence-corrected chi connectivity index (χ4v) is 10.6. The molecule has 1 saturated heterocycles. The summed E-state index contributed by atoms with van der Waals surface area (Å²) in [6, 6.07) is 4.19. The third-order valence-corrected chi connectivity index (χ3v) is 14.6. The van der Waals surface area contributed by atoms with Crippen LogP contribution in [0.3, 0.4) is 0 Å². The van der Waals surface area contributed by atoms with E-state index in [0.29, 0.717) is 42.0 Å². The van der Waals surface area contributed by atoms with E-state index < -0.39 is 87.0 Å². The molecule has 2 aliphatic heterocycles. The van der Waals surface area contributed by atoms with Gasteiger partial charge in [0.05, 0.1) is 28.6 Å². The Morgan fingerprint density at radius 1 is 1.00 bits per heavy atom. The van der Waals surface area contributed by atoms with Crippen molar-refractivity contribution in [2.45, 2.75) is 133 Å². The molecule has 4 aliphatic carbocycles. The number of hydrogen-bond donors (Lipinski definition) is 3. The Morgan fingerprint density at radius 3 is 2.46 bits per heavy atom. The van der Waals surface area contributed by atoms with E-state index in [1.165, 1.54) is 9.47 Å². The van der Waals surface area contributed by atoms with Crippen LogP contribution in [0.4, 0.5) is 13.6 Å². The Kier molecular flexibility index (Phi) is 10.0. The second-order valence-electron chi connectivity index (χ2n) is 17.9. The van der Waals surface area contributed by atoms with E-state index in [4.69, 9.17) is 9.47 Å². The molecular formula is C39H50F2N6O9S. The van der Waals surface area contributed by atoms with Crippen molar-refractivity contribution in [3.05, 3.63) is 34.6 Å². The highest BCUT2D eigenvalue weighted by Gasteiger charge is 2.67. The quantitative estimate of drug-likeness (QED) is 0.390. The van der Waals surface area contributed by atoms with E-state index in [2.05, 4.69) is 15.6 Å². The standard InChI is InChI=1S/C39H50F2N6O9S/c1-38(2,3)30-34(50)47-19-21(17-28(47)32(48)44-39(18-26(39)31(40)41)35(51)45-57(53,54)22-12-13-22)55-36-42-27-11-7-6-10-24(27)33(49)46(36)14-8-4-5-9-23-25-15-20(25)16-29(23)56-37(52)43-30/h6-7,10-11,20-23,25-26,28-31H,4-5,8-9,12-19H2,1-3H3,(H,43,52)(H,44,48)(H,45,51)/t20-,21+,23+,25-,26-,28-,29+,30+,39+/m0/s1. The molecule has 1 aromatic heterocycles. The number of halogens is 2. The summed E-state index contributed by atoms with van der Waals surface area (Å²) in [7, 11) is -4.15. The van der Waals surface area contributed by atoms with Crippen molar-refractivity contribution in [1.29, 1.82) is 0 Å². The van der Waals surface area contributed by atoms with Gasteiger partial charge in [0.1, 0.15) is 29.8 Å². The van der Waals surface area contributed by atoms with Crippen molar-refractivity contribution in [1.82, 2.24) is 29.8 Å². The Balaban J connectivity index is 1.13. The van der Waals surface area contributed by atoms with Gasteiger partial charge in [-0.3, -0.25) is 28.5 Å². The van der Waals surface area contributed by atoms with Gasteiger partial charge in [0.15, 0.2) is 0 Å². The maximum Gasteiger partial charge on any atom is 0.408 e. The largest absolute Gasteiger partial charge is 0.459 e. The smallest absolute Gasteiger partial charge is 0.408 e. The van der Waals surface area contributed by atoms with Crippen LogP contribution in [0, 0.1) is 29.1 Å². The summed E-state index contributed by atoms with van der Waals surface area (Å²) in [5.74, 6) is -3.47. The molecule has 9 atom stereocenters. The van der Waals surface area contributed by atoms with Crippen LogP contribution in [0.2, 0.25) is 0 Å². The summed E-state index contributed by atoms with van der Waals surface area (Å²) < 4.78 is 69.5. The predicted molar refractivity (Wildman–Crippen MR) is 200 cm³/mol. The van der Waals surface area contributed by atoms with Gasteiger partial charge in [-0.15, -0.1) is 0 Å². The van der Waals surface area contributed by atoms with Crippen molar-refractivity contribution in [2.24, 2.45) is 29.1 Å². The zero-order valence-corrected chi connectivity index (χ0v) is 33.1. The molecule has 1 aromatic carbocycles. The summed E-state index contributed by atoms with van der Waals surface area (Å²) in [6.07, 6.45) is -0.221. The van der Waals surface area contributed by atoms with Gasteiger partial charge < -0.3 is 25.0 Å². The van der Waals surface area contributed by atoms with Crippen LogP contribution < -0.4 is 25.7 Å². The van der Waals surface area contributed by atoms with Crippen LogP contribution in [0.5, 0.6) is 6.01 Å². The molecule has 2 aromatic rings. The number of carbonyl (C=O) groups is 4. The topological polar surface area (TPSA) is 195 Å². The molecule has 3 N–H and O–H groups in total. The zero-order chi connectivity index (χ0) is 40.6. The minimum atomic E-state index is -4.15. The zero-order valence-electron chi connectivity index (χ0n) is 32.2. The molecule has 18 heteroatoms. The van der Waals surface area contributed by atoms with Crippen molar-refractivity contribution in [3.8, 4) is 6.01 Å². The summed E-state index contributed by atoms with van der Waals surface area (Å²) in [5.41, 5.74) is -3.08. The minimum absolute atomic E-state index is 0.00915. The molecule has 310 valence electrons. The first-order valence-corrected chi connectivity index (χ1v) is 21.6. The SMILES string of the molecule is CC(C)(C)[C@@H]1NC(=O)O[C@@H]2C[C@@H]3C[C@@H]3[C@H]2CCCCCn2c(nc3ccccc3c2=O)O[C@@H]2C[C@@H](C(=O)N[C@]3(C(=O)NS(=O)(=O)C4CC4)C[C@H]3C(F)F)N(C2)C1=O. The number of fused-ring (bicyclic) bond motifs is 7. The first-order valence-electron chi connectivity index (χ1n) is 20.1. The van der Waals surface area contributed by atoms with Gasteiger partial charge in [-0.2, -0.15) is 4.98 Å². The highest BCUT2D eigenvalue weighted by molar-refractivity contribution is 7.91. The van der Waals surface area contributed by atoms with E-state index in [0.717, 1.165) is 32.1 Å². The van der Waals surface area contributed by atoms with Crippen molar-refractivity contribution in [2.75, 3.05) is 6.54 Å². The number of rotatable bonds is 6. The first-order chi connectivity index (χ1) is 27.0. The van der Waals surface area contributed by atoms with E-state index >= 15 is 0 Å². The highest BCUT2D eigenvalue weighted by Crippen LogP contribution is 2.58. The lowest BCUT2D eigenvalue weighted by Gasteiger charge is -2.36. The molecule has 15 nitrogen and oxygen atoms in total. The van der Waals surface area contributed by atoms with E-state index in [1.807, 2.05) is 4.72 Å². The number of alkyl carbamates (subject to hydrolysis) is 1. The number of hydrogen-bond acceptors (Lipinski definition) is 10. The van der Waals surface area contributed by atoms with Gasteiger partial charge in [0.25, 0.3) is 17.5 Å². The molecule has 0 spiro atoms. The normalized spacial score (nSPS) is 33.1. The third kappa shape index (κ3) is 7.69. The number of sulfonamides is 1. The lowest BCUT2D eigenvalue weighted by Crippen LogP contribution is -2.60. The molecule has 8 rings (SSSR count). The number of nitrogens with zero attached hydrogens (tertiary/aromatic N) is 3. The molecule has 5 fully saturated rings. The van der Waals surface area contributed by atoms with Crippen LogP contribution in [0.1, 0.15) is 85.0 Å². The highest BCUT2D eigenvalue weighted by atomic mass is 32.2. The van der Waals surface area contributed by atoms with Crippen molar-refractivity contribution < 1.29 is 45.9 Å². The molecule has 57 heavy (non-hydrogen) atoms. The molecule has 6 aliphatic rings. The summed E-state index contributed by atoms with van der Waals surface area (Å²) in [6.45, 7) is 5.27. The molecule has 4 saturated carbocycles. The van der Waals surface area contributed by atoms with Gasteiger partial charge >= 0.3 is 6.09 Å². The third-order valence-electron chi connectivity index (χ3n) is 12.8. The van der Waals surface area contributed by atoms with Crippen LogP contribution in [-0.2, 0) is 35.7 Å².